The molecule has 0 atom stereocenters. The number of ether oxygens (including phenoxy) is 1. The third-order valence-corrected chi connectivity index (χ3v) is 4.90. The van der Waals surface area contributed by atoms with E-state index in [9.17, 15) is 4.79 Å². The number of aryl methyl sites for hydroxylation is 2. The molecule has 0 aliphatic rings. The minimum atomic E-state index is -0.149. The van der Waals surface area contributed by atoms with Crippen LogP contribution in [0.1, 0.15) is 17.5 Å². The smallest absolute Gasteiger partial charge is 0.243 e. The van der Waals surface area contributed by atoms with E-state index in [2.05, 4.69) is 22.8 Å². The monoisotopic (exact) mass is 408 g/mol. The first-order valence-electron chi connectivity index (χ1n) is 9.67. The average molecular weight is 409 g/mol. The molecule has 1 amide bonds. The lowest BCUT2D eigenvalue weighted by molar-refractivity contribution is -0.114. The van der Waals surface area contributed by atoms with Crippen LogP contribution in [0.2, 0.25) is 5.02 Å². The highest BCUT2D eigenvalue weighted by Gasteiger charge is 2.07. The number of carbonyl (C=O) groups excluding carboxylic acids is 1. The van der Waals surface area contributed by atoms with Crippen molar-refractivity contribution in [2.75, 3.05) is 23.8 Å². The molecule has 3 rings (SSSR count). The number of halogens is 1. The summed E-state index contributed by atoms with van der Waals surface area (Å²) in [6, 6.07) is 23.5. The van der Waals surface area contributed by atoms with Crippen molar-refractivity contribution >= 4 is 28.9 Å². The van der Waals surface area contributed by atoms with Gasteiger partial charge in [0.05, 0.1) is 18.8 Å². The molecule has 0 fully saturated rings. The summed E-state index contributed by atoms with van der Waals surface area (Å²) in [6.07, 6.45) is 1.89. The summed E-state index contributed by atoms with van der Waals surface area (Å²) in [6.45, 7) is 2.67. The number of benzene rings is 3. The summed E-state index contributed by atoms with van der Waals surface area (Å²) in [5, 5.41) is 6.62. The van der Waals surface area contributed by atoms with Gasteiger partial charge in [-0.15, -0.1) is 0 Å². The Bertz CT molecular complexity index is 945. The number of amides is 1. The highest BCUT2D eigenvalue weighted by Crippen LogP contribution is 2.24. The molecule has 29 heavy (non-hydrogen) atoms. The van der Waals surface area contributed by atoms with E-state index in [0.717, 1.165) is 29.8 Å². The van der Waals surface area contributed by atoms with Crippen LogP contribution in [0.4, 0.5) is 11.4 Å². The quantitative estimate of drug-likeness (QED) is 0.446. The van der Waals surface area contributed by atoms with Crippen LogP contribution in [0.25, 0.3) is 0 Å². The number of hydrogen-bond acceptors (Lipinski definition) is 3. The Balaban J connectivity index is 1.48. The van der Waals surface area contributed by atoms with Gasteiger partial charge in [-0.3, -0.25) is 4.79 Å². The van der Waals surface area contributed by atoms with Gasteiger partial charge in [0, 0.05) is 10.7 Å². The van der Waals surface area contributed by atoms with Gasteiger partial charge in [0.1, 0.15) is 5.75 Å². The molecule has 2 N–H and O–H groups in total. The molecule has 0 heterocycles. The highest BCUT2D eigenvalue weighted by molar-refractivity contribution is 6.31. The van der Waals surface area contributed by atoms with E-state index in [1.165, 1.54) is 5.56 Å². The molecule has 5 heteroatoms. The zero-order chi connectivity index (χ0) is 20.5. The van der Waals surface area contributed by atoms with Gasteiger partial charge < -0.3 is 15.4 Å². The molecule has 0 bridgehead atoms. The van der Waals surface area contributed by atoms with Crippen LogP contribution in [0, 0.1) is 6.92 Å². The molecule has 0 radical (unpaired) electrons. The van der Waals surface area contributed by atoms with Crippen LogP contribution >= 0.6 is 11.6 Å². The van der Waals surface area contributed by atoms with Crippen molar-refractivity contribution in [2.24, 2.45) is 0 Å². The summed E-state index contributed by atoms with van der Waals surface area (Å²) >= 11 is 6.11. The first kappa shape index (κ1) is 20.7. The highest BCUT2D eigenvalue weighted by atomic mass is 35.5. The first-order chi connectivity index (χ1) is 14.1. The lowest BCUT2D eigenvalue weighted by atomic mass is 10.1. The Morgan fingerprint density at radius 2 is 1.76 bits per heavy atom. The largest absolute Gasteiger partial charge is 0.491 e. The molecule has 0 aliphatic heterocycles. The molecule has 3 aromatic rings. The summed E-state index contributed by atoms with van der Waals surface area (Å²) in [4.78, 5) is 12.3. The summed E-state index contributed by atoms with van der Waals surface area (Å²) in [5.74, 6) is 0.593. The van der Waals surface area contributed by atoms with Crippen molar-refractivity contribution in [1.29, 1.82) is 0 Å². The van der Waals surface area contributed by atoms with Crippen molar-refractivity contribution in [1.82, 2.24) is 0 Å². The van der Waals surface area contributed by atoms with Gasteiger partial charge in [-0.1, -0.05) is 60.1 Å². The minimum Gasteiger partial charge on any atom is -0.491 e. The second kappa shape index (κ2) is 10.5. The van der Waals surface area contributed by atoms with E-state index in [1.54, 1.807) is 6.07 Å². The maximum atomic E-state index is 12.3. The lowest BCUT2D eigenvalue weighted by Gasteiger charge is -2.13. The number of para-hydroxylation sites is 2. The van der Waals surface area contributed by atoms with Crippen LogP contribution in [0.15, 0.2) is 72.8 Å². The SMILES string of the molecule is Cc1ccc(NC(=O)CNc2ccccc2OCCCc2ccccc2)cc1Cl. The number of carbonyl (C=O) groups is 1. The van der Waals surface area contributed by atoms with E-state index in [-0.39, 0.29) is 12.5 Å². The van der Waals surface area contributed by atoms with Crippen LogP contribution < -0.4 is 15.4 Å². The molecular formula is C24H25ClN2O2. The molecule has 0 spiro atoms. The fourth-order valence-corrected chi connectivity index (χ4v) is 3.07. The molecule has 0 saturated heterocycles. The van der Waals surface area contributed by atoms with Crippen molar-refractivity contribution in [3.8, 4) is 5.75 Å². The zero-order valence-corrected chi connectivity index (χ0v) is 17.2. The van der Waals surface area contributed by atoms with Gasteiger partial charge in [0.2, 0.25) is 5.91 Å². The maximum absolute atomic E-state index is 12.3. The Hall–Kier alpha value is -2.98. The van der Waals surface area contributed by atoms with Gasteiger partial charge >= 0.3 is 0 Å². The van der Waals surface area contributed by atoms with E-state index < -0.39 is 0 Å². The number of hydrogen-bond donors (Lipinski definition) is 2. The van der Waals surface area contributed by atoms with E-state index in [4.69, 9.17) is 16.3 Å². The fraction of sp³-hybridized carbons (Fsp3) is 0.208. The zero-order valence-electron chi connectivity index (χ0n) is 16.5. The molecule has 0 saturated carbocycles. The number of anilines is 2. The molecular weight excluding hydrogens is 384 g/mol. The lowest BCUT2D eigenvalue weighted by Crippen LogP contribution is -2.22. The molecule has 4 nitrogen and oxygen atoms in total. The van der Waals surface area contributed by atoms with Gasteiger partial charge in [-0.25, -0.2) is 0 Å². The van der Waals surface area contributed by atoms with Gasteiger partial charge in [0.25, 0.3) is 0 Å². The van der Waals surface area contributed by atoms with Gasteiger partial charge in [-0.05, 0) is 55.2 Å². The van der Waals surface area contributed by atoms with Crippen molar-refractivity contribution in [3.63, 3.8) is 0 Å². The third-order valence-electron chi connectivity index (χ3n) is 4.49. The van der Waals surface area contributed by atoms with Crippen LogP contribution in [-0.4, -0.2) is 19.1 Å². The topological polar surface area (TPSA) is 50.4 Å². The summed E-state index contributed by atoms with van der Waals surface area (Å²) < 4.78 is 5.93. The Labute approximate surface area is 176 Å². The van der Waals surface area contributed by atoms with Crippen LogP contribution in [0.5, 0.6) is 5.75 Å². The predicted molar refractivity (Wildman–Crippen MR) is 120 cm³/mol. The van der Waals surface area contributed by atoms with Gasteiger partial charge in [-0.2, -0.15) is 0 Å². The Morgan fingerprint density at radius 1 is 1.00 bits per heavy atom. The average Bonchev–Trinajstić information content (AvgIpc) is 2.74. The molecule has 0 unspecified atom stereocenters. The van der Waals surface area contributed by atoms with Gasteiger partial charge in [0.15, 0.2) is 0 Å². The summed E-state index contributed by atoms with van der Waals surface area (Å²) in [5.41, 5.74) is 3.75. The molecule has 3 aromatic carbocycles. The number of rotatable bonds is 9. The van der Waals surface area contributed by atoms with Crippen molar-refractivity contribution in [3.05, 3.63) is 88.9 Å². The fourth-order valence-electron chi connectivity index (χ4n) is 2.89. The second-order valence-electron chi connectivity index (χ2n) is 6.80. The Morgan fingerprint density at radius 3 is 2.55 bits per heavy atom. The van der Waals surface area contributed by atoms with E-state index in [0.29, 0.717) is 17.3 Å². The molecule has 0 aliphatic carbocycles. The normalized spacial score (nSPS) is 10.4. The predicted octanol–water partition coefficient (Wildman–Crippen LogP) is 5.71. The van der Waals surface area contributed by atoms with Crippen LogP contribution in [-0.2, 0) is 11.2 Å². The third kappa shape index (κ3) is 6.54. The van der Waals surface area contributed by atoms with E-state index >= 15 is 0 Å². The molecule has 0 aromatic heterocycles. The maximum Gasteiger partial charge on any atom is 0.243 e. The second-order valence-corrected chi connectivity index (χ2v) is 7.21. The van der Waals surface area contributed by atoms with Crippen molar-refractivity contribution in [2.45, 2.75) is 19.8 Å². The standard InChI is InChI=1S/C24H25ClN2O2/c1-18-13-14-20(16-21(18)25)27-24(28)17-26-22-11-5-6-12-23(22)29-15-7-10-19-8-3-2-4-9-19/h2-6,8-9,11-14,16,26H,7,10,15,17H2,1H3,(H,27,28). The molecule has 150 valence electrons. The Kier molecular flexibility index (Phi) is 7.54. The minimum absolute atomic E-state index is 0.135. The number of nitrogens with one attached hydrogen (secondary N) is 2. The first-order valence-corrected chi connectivity index (χ1v) is 10.1. The van der Waals surface area contributed by atoms with Crippen LogP contribution in [0.3, 0.4) is 0 Å². The summed E-state index contributed by atoms with van der Waals surface area (Å²) in [7, 11) is 0. The van der Waals surface area contributed by atoms with Crippen molar-refractivity contribution < 1.29 is 9.53 Å². The van der Waals surface area contributed by atoms with E-state index in [1.807, 2.05) is 61.5 Å².